The van der Waals surface area contributed by atoms with Gasteiger partial charge in [0.2, 0.25) is 0 Å². The number of H-pyrrole nitrogens is 2. The predicted molar refractivity (Wildman–Crippen MR) is 200 cm³/mol. The molecule has 8 N–H and O–H groups in total. The van der Waals surface area contributed by atoms with Crippen molar-refractivity contribution in [3.05, 3.63) is 60.7 Å². The number of benzene rings is 3. The van der Waals surface area contributed by atoms with E-state index < -0.39 is 48.6 Å². The Morgan fingerprint density at radius 2 is 1.03 bits per heavy atom. The first-order chi connectivity index (χ1) is 29.4. The highest BCUT2D eigenvalue weighted by atomic mass is 19.4. The van der Waals surface area contributed by atoms with Gasteiger partial charge < -0.3 is 50.7 Å². The Morgan fingerprint density at radius 3 is 1.48 bits per heavy atom. The zero-order valence-corrected chi connectivity index (χ0v) is 32.5. The fourth-order valence-electron chi connectivity index (χ4n) is 4.67. The van der Waals surface area contributed by atoms with E-state index in [-0.39, 0.29) is 0 Å². The van der Waals surface area contributed by atoms with Crippen LogP contribution in [0, 0.1) is 0 Å². The lowest BCUT2D eigenvalue weighted by atomic mass is 10.2. The number of nitrogens with zero attached hydrogens (tertiary/aromatic N) is 4. The van der Waals surface area contributed by atoms with Gasteiger partial charge in [0.1, 0.15) is 17.4 Å². The lowest BCUT2D eigenvalue weighted by Crippen LogP contribution is -2.44. The van der Waals surface area contributed by atoms with Crippen LogP contribution in [0.25, 0.3) is 44.8 Å². The van der Waals surface area contributed by atoms with Crippen molar-refractivity contribution in [3.8, 4) is 28.5 Å². The summed E-state index contributed by atoms with van der Waals surface area (Å²) in [5, 5.41) is 28.5. The molecule has 0 saturated carbocycles. The summed E-state index contributed by atoms with van der Waals surface area (Å²) < 4.78 is 133. The Hall–Kier alpha value is -6.84. The number of piperazine rings is 1. The minimum Gasteiger partial charge on any atom is -0.494 e. The Labute approximate surface area is 350 Å². The number of carboxylic acids is 4. The number of alkyl halides is 12. The molecule has 0 aliphatic carbocycles. The SMILES string of the molecule is CN1CCN(c2ccc3[nH]c(-c4ccc5nc(-c6ccc(OCCCN)cc6)[nH]c5c4)nc3c2)CC1.O=C(O)C(F)(F)F.O=C(O)C(F)(F)F.O=C(O)C(F)(F)F.O=C(O)C(F)(F)F. The molecule has 1 aliphatic heterocycles. The van der Waals surface area contributed by atoms with E-state index in [1.54, 1.807) is 0 Å². The highest BCUT2D eigenvalue weighted by Gasteiger charge is 2.40. The highest BCUT2D eigenvalue weighted by Crippen LogP contribution is 2.29. The van der Waals surface area contributed by atoms with E-state index in [1.807, 2.05) is 30.3 Å². The van der Waals surface area contributed by atoms with Gasteiger partial charge in [0.15, 0.2) is 0 Å². The van der Waals surface area contributed by atoms with Crippen LogP contribution in [0.3, 0.4) is 0 Å². The molecule has 1 aliphatic rings. The maximum absolute atomic E-state index is 10.6. The van der Waals surface area contributed by atoms with Crippen LogP contribution in [0.4, 0.5) is 58.4 Å². The summed E-state index contributed by atoms with van der Waals surface area (Å²) in [6.07, 6.45) is -19.5. The maximum Gasteiger partial charge on any atom is 0.490 e. The number of likely N-dealkylation sites (N-methyl/N-ethyl adjacent to an activating group) is 1. The molecule has 28 heteroatoms. The van der Waals surface area contributed by atoms with Crippen molar-refractivity contribution in [3.63, 3.8) is 0 Å². The summed E-state index contributed by atoms with van der Waals surface area (Å²) in [4.78, 5) is 57.0. The normalized spacial score (nSPS) is 13.2. The van der Waals surface area contributed by atoms with Crippen LogP contribution in [0.2, 0.25) is 0 Å². The number of aromatic nitrogens is 4. The third-order valence-electron chi connectivity index (χ3n) is 7.81. The van der Waals surface area contributed by atoms with E-state index in [9.17, 15) is 52.7 Å². The number of anilines is 1. The minimum absolute atomic E-state index is 0.627. The molecule has 16 nitrogen and oxygen atoms in total. The molecule has 1 saturated heterocycles. The number of ether oxygens (including phenoxy) is 1. The molecule has 3 heterocycles. The molecule has 1 fully saturated rings. The molecule has 3 aromatic carbocycles. The van der Waals surface area contributed by atoms with Gasteiger partial charge in [-0.3, -0.25) is 0 Å². The third kappa shape index (κ3) is 17.5. The number of rotatable bonds is 7. The van der Waals surface area contributed by atoms with E-state index in [0.717, 1.165) is 83.2 Å². The van der Waals surface area contributed by atoms with Gasteiger partial charge in [-0.1, -0.05) is 0 Å². The first kappa shape index (κ1) is 53.3. The molecule has 0 bridgehead atoms. The van der Waals surface area contributed by atoms with E-state index in [0.29, 0.717) is 13.2 Å². The van der Waals surface area contributed by atoms with Crippen molar-refractivity contribution in [2.24, 2.45) is 5.73 Å². The van der Waals surface area contributed by atoms with Crippen molar-refractivity contribution in [1.82, 2.24) is 24.8 Å². The number of halogens is 12. The van der Waals surface area contributed by atoms with Crippen molar-refractivity contribution < 1.29 is 97.0 Å². The van der Waals surface area contributed by atoms with Gasteiger partial charge in [-0.05, 0) is 80.7 Å². The number of nitrogens with one attached hydrogen (secondary N) is 2. The zero-order valence-electron chi connectivity index (χ0n) is 32.5. The van der Waals surface area contributed by atoms with Crippen LogP contribution in [-0.2, 0) is 19.2 Å². The summed E-state index contributed by atoms with van der Waals surface area (Å²) in [7, 11) is 2.18. The first-order valence-electron chi connectivity index (χ1n) is 17.5. The summed E-state index contributed by atoms with van der Waals surface area (Å²) in [6, 6.07) is 20.7. The number of nitrogens with two attached hydrogens (primary N) is 1. The van der Waals surface area contributed by atoms with E-state index >= 15 is 0 Å². The second-order valence-electron chi connectivity index (χ2n) is 12.6. The third-order valence-corrected chi connectivity index (χ3v) is 7.81. The molecule has 0 radical (unpaired) electrons. The lowest BCUT2D eigenvalue weighted by Gasteiger charge is -2.34. The number of imidazole rings is 2. The van der Waals surface area contributed by atoms with E-state index in [1.165, 1.54) is 5.69 Å². The largest absolute Gasteiger partial charge is 0.494 e. The minimum atomic E-state index is -5.08. The second-order valence-corrected chi connectivity index (χ2v) is 12.6. The topological polar surface area (TPSA) is 248 Å². The van der Waals surface area contributed by atoms with Gasteiger partial charge in [0.25, 0.3) is 0 Å². The number of hydrogen-bond acceptors (Lipinski definition) is 10. The van der Waals surface area contributed by atoms with Crippen molar-refractivity contribution in [2.75, 3.05) is 51.3 Å². The molecule has 0 amide bonds. The average Bonchev–Trinajstić information content (AvgIpc) is 3.82. The van der Waals surface area contributed by atoms with Crippen LogP contribution >= 0.6 is 0 Å². The molecule has 6 rings (SSSR count). The molecule has 2 aromatic heterocycles. The quantitative estimate of drug-likeness (QED) is 0.0657. The molecule has 0 spiro atoms. The molecular weight excluding hydrogens is 902 g/mol. The standard InChI is InChI=1S/C28H31N7O.4C2HF3O2/c1-34-12-14-35(15-13-34)21-6-10-24-26(18-21)33-28(31-24)20-5-9-23-25(17-20)32-27(30-23)19-3-7-22(8-4-19)36-16-2-11-29;4*3-2(4,5)1(6)7/h3-10,17-18H,2,11-16,29H2,1H3,(H,30,32)(H,31,33);4*(H,6,7). The number of carboxylic acid groups (broad SMARTS) is 4. The van der Waals surface area contributed by atoms with Crippen LogP contribution < -0.4 is 15.4 Å². The average molecular weight is 938 g/mol. The Bertz CT molecular complexity index is 2220. The Balaban J connectivity index is 0.000000408. The summed E-state index contributed by atoms with van der Waals surface area (Å²) in [6.45, 7) is 5.52. The lowest BCUT2D eigenvalue weighted by molar-refractivity contribution is -0.193. The zero-order chi connectivity index (χ0) is 48.8. The predicted octanol–water partition coefficient (Wildman–Crippen LogP) is 6.79. The van der Waals surface area contributed by atoms with Gasteiger partial charge in [-0.15, -0.1) is 0 Å². The molecule has 0 atom stereocenters. The van der Waals surface area contributed by atoms with Crippen LogP contribution in [0.1, 0.15) is 6.42 Å². The highest BCUT2D eigenvalue weighted by molar-refractivity contribution is 5.87. The van der Waals surface area contributed by atoms with Gasteiger partial charge in [0.05, 0.1) is 28.7 Å². The maximum atomic E-state index is 10.6. The summed E-state index contributed by atoms with van der Waals surface area (Å²) in [5.74, 6) is -8.50. The first-order valence-corrected chi connectivity index (χ1v) is 17.5. The molecule has 0 unspecified atom stereocenters. The van der Waals surface area contributed by atoms with Gasteiger partial charge in [0, 0.05) is 43.0 Å². The van der Waals surface area contributed by atoms with Gasteiger partial charge >= 0.3 is 48.6 Å². The van der Waals surface area contributed by atoms with Crippen LogP contribution in [-0.4, -0.2) is 140 Å². The summed E-state index contributed by atoms with van der Waals surface area (Å²) in [5.41, 5.74) is 12.7. The number of aromatic amines is 2. The van der Waals surface area contributed by atoms with E-state index in [2.05, 4.69) is 57.1 Å². The molecule has 64 heavy (non-hydrogen) atoms. The summed E-state index contributed by atoms with van der Waals surface area (Å²) >= 11 is 0. The molecule has 5 aromatic rings. The van der Waals surface area contributed by atoms with Crippen molar-refractivity contribution in [2.45, 2.75) is 31.1 Å². The fourth-order valence-corrected chi connectivity index (χ4v) is 4.67. The number of hydrogen-bond donors (Lipinski definition) is 7. The van der Waals surface area contributed by atoms with Crippen LogP contribution in [0.5, 0.6) is 5.75 Å². The van der Waals surface area contributed by atoms with Crippen molar-refractivity contribution in [1.29, 1.82) is 0 Å². The fraction of sp³-hybridized carbons (Fsp3) is 0.333. The number of aliphatic carboxylic acids is 4. The molecule has 352 valence electrons. The Kier molecular flexibility index (Phi) is 18.7. The number of fused-ring (bicyclic) bond motifs is 2. The monoisotopic (exact) mass is 937 g/mol. The van der Waals surface area contributed by atoms with E-state index in [4.69, 9.17) is 60.0 Å². The molecular formula is C36H35F12N7O9. The van der Waals surface area contributed by atoms with Gasteiger partial charge in [-0.25, -0.2) is 29.1 Å². The van der Waals surface area contributed by atoms with Gasteiger partial charge in [-0.2, -0.15) is 52.7 Å². The Morgan fingerprint density at radius 1 is 0.609 bits per heavy atom. The second kappa shape index (κ2) is 22.5. The van der Waals surface area contributed by atoms with Crippen molar-refractivity contribution >= 4 is 51.6 Å². The number of carbonyl (C=O) groups is 4. The smallest absolute Gasteiger partial charge is 0.490 e. The van der Waals surface area contributed by atoms with Crippen LogP contribution in [0.15, 0.2) is 60.7 Å².